The second-order valence-corrected chi connectivity index (χ2v) is 7.27. The van der Waals surface area contributed by atoms with Gasteiger partial charge in [0.1, 0.15) is 5.82 Å². The minimum Gasteiger partial charge on any atom is -0.324 e. The highest BCUT2D eigenvalue weighted by molar-refractivity contribution is 7.99. The van der Waals surface area contributed by atoms with Crippen LogP contribution in [-0.4, -0.2) is 29.8 Å². The Morgan fingerprint density at radius 1 is 1.21 bits per heavy atom. The summed E-state index contributed by atoms with van der Waals surface area (Å²) in [4.78, 5) is 14.3. The molecule has 3 nitrogen and oxygen atoms in total. The highest BCUT2D eigenvalue weighted by Crippen LogP contribution is 2.35. The molecule has 1 aliphatic heterocycles. The van der Waals surface area contributed by atoms with E-state index < -0.39 is 0 Å². The molecular formula is C19H21FN2OS. The maximum Gasteiger partial charge on any atom is 0.321 e. The first kappa shape index (κ1) is 16.8. The molecule has 1 heterocycles. The molecule has 2 amide bonds. The predicted octanol–water partition coefficient (Wildman–Crippen LogP) is 4.85. The summed E-state index contributed by atoms with van der Waals surface area (Å²) >= 11 is 1.72. The Kier molecular flexibility index (Phi) is 5.41. The van der Waals surface area contributed by atoms with Crippen molar-refractivity contribution in [3.05, 3.63) is 65.5 Å². The Balaban J connectivity index is 1.63. The highest BCUT2D eigenvalue weighted by atomic mass is 32.2. The third-order valence-corrected chi connectivity index (χ3v) is 5.46. The normalized spacial score (nSPS) is 18.1. The standard InChI is InChI=1S/C19H21FN2OS/c1-14-5-4-6-15(13-14)21-19(23)22-10-9-18(24-12-11-22)16-7-2-3-8-17(16)20/h2-8,13,18H,9-12H2,1H3,(H,21,23). The summed E-state index contributed by atoms with van der Waals surface area (Å²) in [6.07, 6.45) is 0.757. The number of hydrogen-bond acceptors (Lipinski definition) is 2. The molecule has 0 radical (unpaired) electrons. The van der Waals surface area contributed by atoms with Gasteiger partial charge in [-0.2, -0.15) is 11.8 Å². The van der Waals surface area contributed by atoms with Crippen LogP contribution in [-0.2, 0) is 0 Å². The van der Waals surface area contributed by atoms with Crippen LogP contribution in [0.1, 0.15) is 22.8 Å². The van der Waals surface area contributed by atoms with Gasteiger partial charge < -0.3 is 10.2 Å². The SMILES string of the molecule is Cc1cccc(NC(=O)N2CCSC(c3ccccc3F)CC2)c1. The van der Waals surface area contributed by atoms with Crippen molar-refractivity contribution >= 4 is 23.5 Å². The van der Waals surface area contributed by atoms with E-state index in [1.165, 1.54) is 6.07 Å². The molecule has 24 heavy (non-hydrogen) atoms. The number of nitrogens with zero attached hydrogens (tertiary/aromatic N) is 1. The first-order valence-electron chi connectivity index (χ1n) is 8.12. The molecule has 1 fully saturated rings. The number of carbonyl (C=O) groups is 1. The first-order valence-corrected chi connectivity index (χ1v) is 9.17. The largest absolute Gasteiger partial charge is 0.324 e. The summed E-state index contributed by atoms with van der Waals surface area (Å²) in [6.45, 7) is 3.30. The van der Waals surface area contributed by atoms with Crippen LogP contribution in [0.15, 0.2) is 48.5 Å². The van der Waals surface area contributed by atoms with Gasteiger partial charge in [-0.1, -0.05) is 30.3 Å². The van der Waals surface area contributed by atoms with Crippen LogP contribution in [0.25, 0.3) is 0 Å². The van der Waals surface area contributed by atoms with E-state index in [2.05, 4.69) is 5.32 Å². The number of anilines is 1. The maximum atomic E-state index is 14.0. The van der Waals surface area contributed by atoms with Gasteiger partial charge in [0.15, 0.2) is 0 Å². The van der Waals surface area contributed by atoms with E-state index in [1.54, 1.807) is 17.8 Å². The summed E-state index contributed by atoms with van der Waals surface area (Å²) in [5.41, 5.74) is 2.66. The van der Waals surface area contributed by atoms with Crippen LogP contribution >= 0.6 is 11.8 Å². The van der Waals surface area contributed by atoms with Crippen molar-refractivity contribution in [1.29, 1.82) is 0 Å². The number of hydrogen-bond donors (Lipinski definition) is 1. The van der Waals surface area contributed by atoms with E-state index in [4.69, 9.17) is 0 Å². The maximum absolute atomic E-state index is 14.0. The lowest BCUT2D eigenvalue weighted by molar-refractivity contribution is 0.215. The lowest BCUT2D eigenvalue weighted by Gasteiger charge is -2.21. The van der Waals surface area contributed by atoms with E-state index in [9.17, 15) is 9.18 Å². The van der Waals surface area contributed by atoms with Crippen LogP contribution in [0, 0.1) is 12.7 Å². The fourth-order valence-corrected chi connectivity index (χ4v) is 4.14. The summed E-state index contributed by atoms with van der Waals surface area (Å²) in [5, 5.41) is 3.05. The van der Waals surface area contributed by atoms with Gasteiger partial charge in [0.25, 0.3) is 0 Å². The van der Waals surface area contributed by atoms with Gasteiger partial charge in [0.05, 0.1) is 0 Å². The average molecular weight is 344 g/mol. The fraction of sp³-hybridized carbons (Fsp3) is 0.316. The zero-order valence-electron chi connectivity index (χ0n) is 13.7. The van der Waals surface area contributed by atoms with Crippen molar-refractivity contribution in [3.63, 3.8) is 0 Å². The molecule has 1 saturated heterocycles. The molecule has 5 heteroatoms. The number of benzene rings is 2. The van der Waals surface area contributed by atoms with Gasteiger partial charge in [-0.3, -0.25) is 0 Å². The molecule has 2 aromatic rings. The number of amides is 2. The topological polar surface area (TPSA) is 32.3 Å². The molecular weight excluding hydrogens is 323 g/mol. The van der Waals surface area contributed by atoms with E-state index in [0.717, 1.165) is 29.0 Å². The van der Waals surface area contributed by atoms with Gasteiger partial charge in [-0.15, -0.1) is 0 Å². The lowest BCUT2D eigenvalue weighted by Crippen LogP contribution is -2.36. The van der Waals surface area contributed by atoms with Crippen molar-refractivity contribution in [1.82, 2.24) is 4.90 Å². The molecule has 2 aromatic carbocycles. The molecule has 0 aliphatic carbocycles. The first-order chi connectivity index (χ1) is 11.6. The molecule has 126 valence electrons. The quantitative estimate of drug-likeness (QED) is 0.845. The molecule has 0 aromatic heterocycles. The van der Waals surface area contributed by atoms with Crippen molar-refractivity contribution in [2.24, 2.45) is 0 Å². The van der Waals surface area contributed by atoms with E-state index in [1.807, 2.05) is 48.2 Å². The van der Waals surface area contributed by atoms with Gasteiger partial charge in [0, 0.05) is 35.3 Å². The van der Waals surface area contributed by atoms with Crippen LogP contribution in [0.2, 0.25) is 0 Å². The Bertz CT molecular complexity index is 722. The summed E-state index contributed by atoms with van der Waals surface area (Å²) < 4.78 is 14.0. The minimum atomic E-state index is -0.160. The molecule has 0 saturated carbocycles. The van der Waals surface area contributed by atoms with Crippen molar-refractivity contribution in [2.45, 2.75) is 18.6 Å². The fourth-order valence-electron chi connectivity index (χ4n) is 2.88. The van der Waals surface area contributed by atoms with Crippen molar-refractivity contribution in [2.75, 3.05) is 24.2 Å². The Morgan fingerprint density at radius 2 is 2.04 bits per heavy atom. The zero-order chi connectivity index (χ0) is 16.9. The smallest absolute Gasteiger partial charge is 0.321 e. The Morgan fingerprint density at radius 3 is 2.83 bits per heavy atom. The molecule has 1 aliphatic rings. The Labute approximate surface area is 146 Å². The number of halogens is 1. The van der Waals surface area contributed by atoms with E-state index in [-0.39, 0.29) is 17.1 Å². The molecule has 3 rings (SSSR count). The van der Waals surface area contributed by atoms with E-state index in [0.29, 0.717) is 13.1 Å². The lowest BCUT2D eigenvalue weighted by atomic mass is 10.1. The predicted molar refractivity (Wildman–Crippen MR) is 98.0 cm³/mol. The third kappa shape index (κ3) is 4.09. The molecule has 1 N–H and O–H groups in total. The second-order valence-electron chi connectivity index (χ2n) is 5.96. The molecule has 0 spiro atoms. The number of nitrogens with one attached hydrogen (secondary N) is 1. The second kappa shape index (κ2) is 7.71. The van der Waals surface area contributed by atoms with Crippen LogP contribution < -0.4 is 5.32 Å². The van der Waals surface area contributed by atoms with Gasteiger partial charge in [-0.05, 0) is 37.1 Å². The zero-order valence-corrected chi connectivity index (χ0v) is 14.5. The third-order valence-electron chi connectivity index (χ3n) is 4.15. The summed E-state index contributed by atoms with van der Waals surface area (Å²) in [6, 6.07) is 14.6. The van der Waals surface area contributed by atoms with Crippen molar-refractivity contribution in [3.8, 4) is 0 Å². The van der Waals surface area contributed by atoms with Gasteiger partial charge >= 0.3 is 6.03 Å². The van der Waals surface area contributed by atoms with Gasteiger partial charge in [-0.25, -0.2) is 9.18 Å². The number of aryl methyl sites for hydroxylation is 1. The summed E-state index contributed by atoms with van der Waals surface area (Å²) in [5.74, 6) is 0.646. The van der Waals surface area contributed by atoms with Crippen LogP contribution in [0.4, 0.5) is 14.9 Å². The molecule has 0 bridgehead atoms. The monoisotopic (exact) mass is 344 g/mol. The number of thioether (sulfide) groups is 1. The van der Waals surface area contributed by atoms with Crippen LogP contribution in [0.5, 0.6) is 0 Å². The average Bonchev–Trinajstić information content (AvgIpc) is 2.81. The van der Waals surface area contributed by atoms with E-state index >= 15 is 0 Å². The van der Waals surface area contributed by atoms with Gasteiger partial charge in [0.2, 0.25) is 0 Å². The highest BCUT2D eigenvalue weighted by Gasteiger charge is 2.23. The van der Waals surface area contributed by atoms with Crippen molar-refractivity contribution < 1.29 is 9.18 Å². The number of rotatable bonds is 2. The minimum absolute atomic E-state index is 0.0876. The number of urea groups is 1. The molecule has 1 atom stereocenters. The number of carbonyl (C=O) groups excluding carboxylic acids is 1. The summed E-state index contributed by atoms with van der Waals surface area (Å²) in [7, 11) is 0. The molecule has 1 unspecified atom stereocenters. The Hall–Kier alpha value is -2.01. The van der Waals surface area contributed by atoms with Crippen LogP contribution in [0.3, 0.4) is 0 Å².